The summed E-state index contributed by atoms with van der Waals surface area (Å²) in [6.07, 6.45) is 0.703. The van der Waals surface area contributed by atoms with Crippen LogP contribution in [0.4, 0.5) is 4.39 Å². The van der Waals surface area contributed by atoms with Gasteiger partial charge in [0.25, 0.3) is 0 Å². The predicted octanol–water partition coefficient (Wildman–Crippen LogP) is 3.31. The molecule has 1 rings (SSSR count). The molecule has 0 heterocycles. The van der Waals surface area contributed by atoms with Gasteiger partial charge in [0.2, 0.25) is 0 Å². The second kappa shape index (κ2) is 6.62. The highest BCUT2D eigenvalue weighted by atomic mass is 35.5. The van der Waals surface area contributed by atoms with Gasteiger partial charge in [-0.25, -0.2) is 4.39 Å². The van der Waals surface area contributed by atoms with Gasteiger partial charge in [-0.1, -0.05) is 5.57 Å². The largest absolute Gasteiger partial charge is 0.492 e. The molecule has 0 radical (unpaired) electrons. The molecule has 4 heteroatoms. The van der Waals surface area contributed by atoms with Gasteiger partial charge in [0.15, 0.2) is 0 Å². The summed E-state index contributed by atoms with van der Waals surface area (Å²) in [5.74, 6) is 0.351. The van der Waals surface area contributed by atoms with Crippen LogP contribution in [-0.4, -0.2) is 12.1 Å². The third kappa shape index (κ3) is 6.29. The zero-order chi connectivity index (χ0) is 12.2. The highest BCUT2D eigenvalue weighted by Crippen LogP contribution is 2.16. The summed E-state index contributed by atoms with van der Waals surface area (Å²) in [4.78, 5) is 0. The predicted molar refractivity (Wildman–Crippen MR) is 71.2 cm³/mol. The maximum atomic E-state index is 12.6. The van der Waals surface area contributed by atoms with Gasteiger partial charge in [-0.15, -0.1) is 19.0 Å². The lowest BCUT2D eigenvalue weighted by Crippen LogP contribution is -2.42. The van der Waals surface area contributed by atoms with Crippen molar-refractivity contribution in [3.05, 3.63) is 42.2 Å². The Balaban J connectivity index is 0.00000256. The topological polar surface area (TPSA) is 35.2 Å². The van der Waals surface area contributed by atoms with Crippen molar-refractivity contribution in [2.24, 2.45) is 5.73 Å². The number of nitrogens with two attached hydrogens (primary N) is 1. The van der Waals surface area contributed by atoms with Gasteiger partial charge < -0.3 is 10.5 Å². The maximum Gasteiger partial charge on any atom is 0.123 e. The summed E-state index contributed by atoms with van der Waals surface area (Å²) < 4.78 is 18.1. The second-order valence-corrected chi connectivity index (χ2v) is 4.53. The van der Waals surface area contributed by atoms with Crippen LogP contribution in [0.15, 0.2) is 36.4 Å². The number of halogens is 2. The second-order valence-electron chi connectivity index (χ2n) is 4.53. The molecule has 1 aromatic carbocycles. The Kier molecular flexibility index (Phi) is 6.21. The smallest absolute Gasteiger partial charge is 0.123 e. The van der Waals surface area contributed by atoms with E-state index in [0.29, 0.717) is 18.8 Å². The molecule has 0 saturated heterocycles. The summed E-state index contributed by atoms with van der Waals surface area (Å²) in [5, 5.41) is 0. The van der Waals surface area contributed by atoms with E-state index in [2.05, 4.69) is 6.58 Å². The summed E-state index contributed by atoms with van der Waals surface area (Å²) in [7, 11) is 0. The van der Waals surface area contributed by atoms with E-state index in [-0.39, 0.29) is 18.2 Å². The van der Waals surface area contributed by atoms with Crippen molar-refractivity contribution in [2.45, 2.75) is 25.8 Å². The van der Waals surface area contributed by atoms with E-state index in [4.69, 9.17) is 10.5 Å². The zero-order valence-corrected chi connectivity index (χ0v) is 11.0. The molecule has 0 aliphatic heterocycles. The molecule has 0 spiro atoms. The van der Waals surface area contributed by atoms with Gasteiger partial charge in [-0.05, 0) is 44.5 Å². The normalized spacial score (nSPS) is 13.4. The Labute approximate surface area is 108 Å². The van der Waals surface area contributed by atoms with Crippen LogP contribution in [0.5, 0.6) is 5.75 Å². The molecule has 0 saturated carbocycles. The van der Waals surface area contributed by atoms with Crippen LogP contribution in [0.2, 0.25) is 0 Å². The Morgan fingerprint density at radius 1 is 1.41 bits per heavy atom. The van der Waals surface area contributed by atoms with E-state index >= 15 is 0 Å². The number of ether oxygens (including phenoxy) is 1. The number of hydrogen-bond acceptors (Lipinski definition) is 2. The molecule has 2 N–H and O–H groups in total. The van der Waals surface area contributed by atoms with Crippen molar-refractivity contribution in [1.82, 2.24) is 0 Å². The third-order valence-corrected chi connectivity index (χ3v) is 2.09. The summed E-state index contributed by atoms with van der Waals surface area (Å²) in [6.45, 7) is 8.04. The SMILES string of the molecule is C=C(C)CC(C)(N)COc1ccc(F)cc1.Cl. The molecule has 17 heavy (non-hydrogen) atoms. The van der Waals surface area contributed by atoms with Gasteiger partial charge in [-0.2, -0.15) is 0 Å². The zero-order valence-electron chi connectivity index (χ0n) is 10.2. The van der Waals surface area contributed by atoms with Gasteiger partial charge in [0, 0.05) is 0 Å². The lowest BCUT2D eigenvalue weighted by molar-refractivity contribution is 0.229. The molecule has 0 bridgehead atoms. The highest BCUT2D eigenvalue weighted by molar-refractivity contribution is 5.85. The van der Waals surface area contributed by atoms with E-state index < -0.39 is 5.54 Å². The van der Waals surface area contributed by atoms with Crippen LogP contribution >= 0.6 is 12.4 Å². The van der Waals surface area contributed by atoms with Crippen LogP contribution in [0.3, 0.4) is 0 Å². The third-order valence-electron chi connectivity index (χ3n) is 2.09. The fraction of sp³-hybridized carbons (Fsp3) is 0.385. The Morgan fingerprint density at radius 2 is 1.94 bits per heavy atom. The number of hydrogen-bond donors (Lipinski definition) is 1. The fourth-order valence-corrected chi connectivity index (χ4v) is 1.52. The summed E-state index contributed by atoms with van der Waals surface area (Å²) >= 11 is 0. The molecule has 0 aliphatic rings. The van der Waals surface area contributed by atoms with Gasteiger partial charge in [-0.3, -0.25) is 0 Å². The standard InChI is InChI=1S/C13H18FNO.ClH/c1-10(2)8-13(3,15)9-16-12-6-4-11(14)5-7-12;/h4-7H,1,8-9,15H2,2-3H3;1H. The minimum absolute atomic E-state index is 0. The van der Waals surface area contributed by atoms with Gasteiger partial charge in [0.1, 0.15) is 18.2 Å². The number of rotatable bonds is 5. The average Bonchev–Trinajstić information content (AvgIpc) is 2.15. The van der Waals surface area contributed by atoms with Crippen molar-refractivity contribution < 1.29 is 9.13 Å². The van der Waals surface area contributed by atoms with Crippen LogP contribution in [-0.2, 0) is 0 Å². The molecule has 1 unspecified atom stereocenters. The molecule has 0 aliphatic carbocycles. The maximum absolute atomic E-state index is 12.6. The number of benzene rings is 1. The first-order chi connectivity index (χ1) is 7.39. The Hall–Kier alpha value is -1.06. The minimum atomic E-state index is -0.444. The lowest BCUT2D eigenvalue weighted by Gasteiger charge is -2.24. The van der Waals surface area contributed by atoms with Crippen molar-refractivity contribution in [3.63, 3.8) is 0 Å². The van der Waals surface area contributed by atoms with E-state index in [1.807, 2.05) is 13.8 Å². The van der Waals surface area contributed by atoms with Crippen molar-refractivity contribution in [2.75, 3.05) is 6.61 Å². The molecule has 0 aromatic heterocycles. The molecular formula is C13H19ClFNO. The molecular weight excluding hydrogens is 241 g/mol. The monoisotopic (exact) mass is 259 g/mol. The van der Waals surface area contributed by atoms with Crippen LogP contribution in [0, 0.1) is 5.82 Å². The van der Waals surface area contributed by atoms with Gasteiger partial charge >= 0.3 is 0 Å². The van der Waals surface area contributed by atoms with Crippen LogP contribution in [0.25, 0.3) is 0 Å². The average molecular weight is 260 g/mol. The first-order valence-corrected chi connectivity index (χ1v) is 5.21. The van der Waals surface area contributed by atoms with Crippen molar-refractivity contribution >= 4 is 12.4 Å². The molecule has 0 amide bonds. The van der Waals surface area contributed by atoms with E-state index in [9.17, 15) is 4.39 Å². The Morgan fingerprint density at radius 3 is 2.41 bits per heavy atom. The Bertz CT molecular complexity index is 362. The first-order valence-electron chi connectivity index (χ1n) is 5.21. The molecule has 96 valence electrons. The van der Waals surface area contributed by atoms with E-state index in [1.54, 1.807) is 12.1 Å². The van der Waals surface area contributed by atoms with Crippen molar-refractivity contribution in [1.29, 1.82) is 0 Å². The fourth-order valence-electron chi connectivity index (χ4n) is 1.52. The molecule has 1 aromatic rings. The van der Waals surface area contributed by atoms with E-state index in [1.165, 1.54) is 12.1 Å². The first kappa shape index (κ1) is 15.9. The summed E-state index contributed by atoms with van der Waals surface area (Å²) in [6, 6.07) is 5.91. The molecule has 0 fully saturated rings. The summed E-state index contributed by atoms with van der Waals surface area (Å²) in [5.41, 5.74) is 6.61. The van der Waals surface area contributed by atoms with E-state index in [0.717, 1.165) is 5.57 Å². The quantitative estimate of drug-likeness (QED) is 0.824. The highest BCUT2D eigenvalue weighted by Gasteiger charge is 2.19. The molecule has 2 nitrogen and oxygen atoms in total. The van der Waals surface area contributed by atoms with Crippen LogP contribution in [0.1, 0.15) is 20.3 Å². The lowest BCUT2D eigenvalue weighted by atomic mass is 9.96. The molecule has 1 atom stereocenters. The minimum Gasteiger partial charge on any atom is -0.492 e. The van der Waals surface area contributed by atoms with Gasteiger partial charge in [0.05, 0.1) is 5.54 Å². The van der Waals surface area contributed by atoms with Crippen molar-refractivity contribution in [3.8, 4) is 5.75 Å². The van der Waals surface area contributed by atoms with Crippen LogP contribution < -0.4 is 10.5 Å².